The van der Waals surface area contributed by atoms with E-state index in [0.29, 0.717) is 0 Å². The maximum Gasteiger partial charge on any atom is 0.147 e. The molecule has 0 aliphatic rings. The molecule has 1 heterocycles. The van der Waals surface area contributed by atoms with E-state index in [1.54, 1.807) is 4.68 Å². The Kier molecular flexibility index (Phi) is 5.02. The van der Waals surface area contributed by atoms with Crippen molar-refractivity contribution in [2.24, 2.45) is 12.5 Å². The van der Waals surface area contributed by atoms with Gasteiger partial charge >= 0.3 is 0 Å². The third kappa shape index (κ3) is 3.63. The monoisotopic (exact) mass is 254 g/mol. The van der Waals surface area contributed by atoms with Gasteiger partial charge in [-0.25, -0.2) is 0 Å². The summed E-state index contributed by atoms with van der Waals surface area (Å²) in [5.74, 6) is 0.893. The molecule has 0 atom stereocenters. The highest BCUT2D eigenvalue weighted by molar-refractivity contribution is 5.65. The average molecular weight is 254 g/mol. The third-order valence-electron chi connectivity index (χ3n) is 3.24. The van der Waals surface area contributed by atoms with E-state index in [4.69, 9.17) is 10.8 Å². The first-order valence-corrected chi connectivity index (χ1v) is 6.57. The van der Waals surface area contributed by atoms with Crippen molar-refractivity contribution in [1.29, 1.82) is 0 Å². The Morgan fingerprint density at radius 2 is 2.11 bits per heavy atom. The second kappa shape index (κ2) is 6.09. The van der Waals surface area contributed by atoms with Gasteiger partial charge in [0.05, 0.1) is 11.4 Å². The molecule has 1 aromatic rings. The van der Waals surface area contributed by atoms with Crippen molar-refractivity contribution < 1.29 is 5.11 Å². The zero-order valence-electron chi connectivity index (χ0n) is 12.0. The average Bonchev–Trinajstić information content (AvgIpc) is 2.59. The summed E-state index contributed by atoms with van der Waals surface area (Å²) >= 11 is 0. The van der Waals surface area contributed by atoms with E-state index in [1.165, 1.54) is 0 Å². The number of rotatable bonds is 7. The number of nitrogen functional groups attached to an aromatic ring is 1. The van der Waals surface area contributed by atoms with Crippen LogP contribution in [0.1, 0.15) is 39.3 Å². The van der Waals surface area contributed by atoms with Crippen LogP contribution in [-0.4, -0.2) is 28.0 Å². The Hall–Kier alpha value is -1.23. The van der Waals surface area contributed by atoms with Gasteiger partial charge in [0.2, 0.25) is 0 Å². The van der Waals surface area contributed by atoms with Crippen molar-refractivity contribution in [1.82, 2.24) is 9.78 Å². The maximum atomic E-state index is 8.88. The molecule has 0 fully saturated rings. The number of aryl methyl sites for hydroxylation is 2. The minimum Gasteiger partial charge on any atom is -0.396 e. The minimum atomic E-state index is 0.131. The largest absolute Gasteiger partial charge is 0.396 e. The number of nitrogens with zero attached hydrogens (tertiary/aromatic N) is 2. The lowest BCUT2D eigenvalue weighted by Crippen LogP contribution is -2.24. The van der Waals surface area contributed by atoms with Gasteiger partial charge in [-0.05, 0) is 24.7 Å². The summed E-state index contributed by atoms with van der Waals surface area (Å²) < 4.78 is 1.80. The molecule has 0 unspecified atom stereocenters. The molecule has 0 aromatic carbocycles. The van der Waals surface area contributed by atoms with Crippen molar-refractivity contribution in [3.05, 3.63) is 5.69 Å². The number of anilines is 2. The fraction of sp³-hybridized carbons (Fsp3) is 0.769. The molecule has 18 heavy (non-hydrogen) atoms. The lowest BCUT2D eigenvalue weighted by atomic mass is 9.88. The molecule has 4 N–H and O–H groups in total. The van der Waals surface area contributed by atoms with E-state index < -0.39 is 0 Å². The molecule has 5 heteroatoms. The number of aliphatic hydroxyl groups is 1. The molecule has 0 aliphatic carbocycles. The van der Waals surface area contributed by atoms with Gasteiger partial charge in [0.25, 0.3) is 0 Å². The van der Waals surface area contributed by atoms with E-state index in [2.05, 4.69) is 24.3 Å². The SMILES string of the molecule is CCc1nn(C)c(NCC(C)(C)CCCO)c1N. The van der Waals surface area contributed by atoms with Gasteiger partial charge in [-0.1, -0.05) is 20.8 Å². The molecule has 0 amide bonds. The molecule has 0 saturated heterocycles. The van der Waals surface area contributed by atoms with E-state index in [0.717, 1.165) is 43.0 Å². The molecule has 0 spiro atoms. The Bertz CT molecular complexity index is 385. The Labute approximate surface area is 109 Å². The number of hydrogen-bond donors (Lipinski definition) is 3. The van der Waals surface area contributed by atoms with Crippen LogP contribution >= 0.6 is 0 Å². The second-order valence-corrected chi connectivity index (χ2v) is 5.53. The van der Waals surface area contributed by atoms with Crippen LogP contribution in [0.2, 0.25) is 0 Å². The highest BCUT2D eigenvalue weighted by Gasteiger charge is 2.19. The molecule has 0 bridgehead atoms. The van der Waals surface area contributed by atoms with Crippen LogP contribution in [0.5, 0.6) is 0 Å². The summed E-state index contributed by atoms with van der Waals surface area (Å²) in [6.07, 6.45) is 2.65. The van der Waals surface area contributed by atoms with Crippen LogP contribution in [-0.2, 0) is 13.5 Å². The first kappa shape index (κ1) is 14.8. The normalized spacial score (nSPS) is 11.8. The van der Waals surface area contributed by atoms with Gasteiger partial charge in [0, 0.05) is 20.2 Å². The number of nitrogens with two attached hydrogens (primary N) is 1. The zero-order valence-corrected chi connectivity index (χ0v) is 12.0. The van der Waals surface area contributed by atoms with E-state index in [1.807, 2.05) is 14.0 Å². The smallest absolute Gasteiger partial charge is 0.147 e. The molecule has 0 saturated carbocycles. The van der Waals surface area contributed by atoms with Crippen LogP contribution in [0.4, 0.5) is 11.5 Å². The molecular formula is C13H26N4O. The second-order valence-electron chi connectivity index (χ2n) is 5.53. The third-order valence-corrected chi connectivity index (χ3v) is 3.24. The van der Waals surface area contributed by atoms with E-state index >= 15 is 0 Å². The molecule has 1 rings (SSSR count). The van der Waals surface area contributed by atoms with Crippen molar-refractivity contribution in [3.63, 3.8) is 0 Å². The van der Waals surface area contributed by atoms with Gasteiger partial charge in [0.1, 0.15) is 5.82 Å². The lowest BCUT2D eigenvalue weighted by Gasteiger charge is -2.25. The highest BCUT2D eigenvalue weighted by Crippen LogP contribution is 2.26. The molecule has 0 radical (unpaired) electrons. The number of nitrogens with one attached hydrogen (secondary N) is 1. The maximum absolute atomic E-state index is 8.88. The highest BCUT2D eigenvalue weighted by atomic mass is 16.2. The predicted octanol–water partition coefficient (Wildman–Crippen LogP) is 1.78. The van der Waals surface area contributed by atoms with Gasteiger partial charge in [0.15, 0.2) is 0 Å². The number of aromatic nitrogens is 2. The van der Waals surface area contributed by atoms with Gasteiger partial charge in [-0.3, -0.25) is 4.68 Å². The van der Waals surface area contributed by atoms with Crippen LogP contribution in [0.25, 0.3) is 0 Å². The van der Waals surface area contributed by atoms with Crippen LogP contribution in [0, 0.1) is 5.41 Å². The van der Waals surface area contributed by atoms with Gasteiger partial charge in [-0.2, -0.15) is 5.10 Å². The molecular weight excluding hydrogens is 228 g/mol. The van der Waals surface area contributed by atoms with E-state index in [-0.39, 0.29) is 12.0 Å². The van der Waals surface area contributed by atoms with E-state index in [9.17, 15) is 0 Å². The van der Waals surface area contributed by atoms with Gasteiger partial charge in [-0.15, -0.1) is 0 Å². The summed E-state index contributed by atoms with van der Waals surface area (Å²) in [6, 6.07) is 0. The van der Waals surface area contributed by atoms with Crippen LogP contribution in [0.15, 0.2) is 0 Å². The van der Waals surface area contributed by atoms with Crippen molar-refractivity contribution in [2.75, 3.05) is 24.2 Å². The molecule has 5 nitrogen and oxygen atoms in total. The number of aliphatic hydroxyl groups excluding tert-OH is 1. The van der Waals surface area contributed by atoms with Crippen LogP contribution in [0.3, 0.4) is 0 Å². The topological polar surface area (TPSA) is 76.1 Å². The lowest BCUT2D eigenvalue weighted by molar-refractivity contribution is 0.247. The molecule has 104 valence electrons. The van der Waals surface area contributed by atoms with Crippen LogP contribution < -0.4 is 11.1 Å². The van der Waals surface area contributed by atoms with Crippen molar-refractivity contribution in [2.45, 2.75) is 40.0 Å². The zero-order chi connectivity index (χ0) is 13.8. The first-order valence-electron chi connectivity index (χ1n) is 6.57. The van der Waals surface area contributed by atoms with Crippen molar-refractivity contribution >= 4 is 11.5 Å². The standard InChI is InChI=1S/C13H26N4O/c1-5-10-11(14)12(17(4)16-10)15-9-13(2,3)7-6-8-18/h15,18H,5-9,14H2,1-4H3. The Morgan fingerprint density at radius 1 is 1.44 bits per heavy atom. The predicted molar refractivity (Wildman–Crippen MR) is 75.6 cm³/mol. The Balaban J connectivity index is 2.65. The fourth-order valence-electron chi connectivity index (χ4n) is 2.04. The quantitative estimate of drug-likeness (QED) is 0.693. The summed E-state index contributed by atoms with van der Waals surface area (Å²) in [6.45, 7) is 7.48. The number of hydrogen-bond acceptors (Lipinski definition) is 4. The van der Waals surface area contributed by atoms with Crippen molar-refractivity contribution in [3.8, 4) is 0 Å². The van der Waals surface area contributed by atoms with Gasteiger partial charge < -0.3 is 16.2 Å². The molecule has 1 aromatic heterocycles. The summed E-state index contributed by atoms with van der Waals surface area (Å²) in [5, 5.41) is 16.6. The fourth-order valence-corrected chi connectivity index (χ4v) is 2.04. The minimum absolute atomic E-state index is 0.131. The molecule has 0 aliphatic heterocycles. The summed E-state index contributed by atoms with van der Waals surface area (Å²) in [4.78, 5) is 0. The summed E-state index contributed by atoms with van der Waals surface area (Å²) in [7, 11) is 1.90. The summed E-state index contributed by atoms with van der Waals surface area (Å²) in [5.41, 5.74) is 7.88. The first-order chi connectivity index (χ1) is 8.41. The Morgan fingerprint density at radius 3 is 2.61 bits per heavy atom.